The third-order valence-electron chi connectivity index (χ3n) is 6.25. The smallest absolute Gasteiger partial charge is 0.250 e. The molecule has 10 heteroatoms. The van der Waals surface area contributed by atoms with Gasteiger partial charge >= 0.3 is 0 Å². The van der Waals surface area contributed by atoms with Crippen molar-refractivity contribution in [2.24, 2.45) is 0 Å². The summed E-state index contributed by atoms with van der Waals surface area (Å²) in [6.45, 7) is 1.87. The van der Waals surface area contributed by atoms with E-state index in [4.69, 9.17) is 21.4 Å². The lowest BCUT2D eigenvalue weighted by atomic mass is 10.0. The van der Waals surface area contributed by atoms with Crippen LogP contribution in [-0.2, 0) is 9.53 Å². The highest BCUT2D eigenvalue weighted by Crippen LogP contribution is 2.43. The van der Waals surface area contributed by atoms with E-state index in [1.807, 2.05) is 54.3 Å². The van der Waals surface area contributed by atoms with Gasteiger partial charge in [0.15, 0.2) is 5.11 Å². The molecule has 194 valence electrons. The molecular weight excluding hydrogens is 571 g/mol. The SMILES string of the molecule is COCC(=O)Nc1ccc(N2C(=S)N[C@H](c3ccccn3)[C@H]2c2ccc(-c3ccc(Br)cc3F)o2)cc1C. The van der Waals surface area contributed by atoms with Crippen molar-refractivity contribution in [1.82, 2.24) is 10.3 Å². The lowest BCUT2D eigenvalue weighted by Gasteiger charge is -2.27. The molecule has 3 heterocycles. The number of anilines is 2. The summed E-state index contributed by atoms with van der Waals surface area (Å²) >= 11 is 9.08. The third-order valence-corrected chi connectivity index (χ3v) is 7.06. The number of benzene rings is 2. The van der Waals surface area contributed by atoms with Crippen LogP contribution in [-0.4, -0.2) is 29.7 Å². The van der Waals surface area contributed by atoms with E-state index in [1.54, 1.807) is 24.4 Å². The maximum atomic E-state index is 14.7. The zero-order valence-electron chi connectivity index (χ0n) is 20.6. The fourth-order valence-electron chi connectivity index (χ4n) is 4.52. The largest absolute Gasteiger partial charge is 0.459 e. The monoisotopic (exact) mass is 594 g/mol. The number of methoxy groups -OCH3 is 1. The number of rotatable bonds is 7. The average Bonchev–Trinajstić information content (AvgIpc) is 3.50. The minimum Gasteiger partial charge on any atom is -0.459 e. The van der Waals surface area contributed by atoms with Gasteiger partial charge in [0.05, 0.1) is 17.3 Å². The summed E-state index contributed by atoms with van der Waals surface area (Å²) in [7, 11) is 1.47. The van der Waals surface area contributed by atoms with Gasteiger partial charge in [0.2, 0.25) is 5.91 Å². The number of carbonyl (C=O) groups is 1. The molecule has 5 rings (SSSR count). The summed E-state index contributed by atoms with van der Waals surface area (Å²) in [5, 5.41) is 6.73. The number of ether oxygens (including phenoxy) is 1. The van der Waals surface area contributed by atoms with Gasteiger partial charge < -0.3 is 24.7 Å². The fraction of sp³-hybridized carbons (Fsp3) is 0.179. The van der Waals surface area contributed by atoms with Gasteiger partial charge in [0.1, 0.15) is 30.0 Å². The second-order valence-corrected chi connectivity index (χ2v) is 10.1. The molecule has 2 N–H and O–H groups in total. The molecule has 0 spiro atoms. The molecule has 0 radical (unpaired) electrons. The highest BCUT2D eigenvalue weighted by molar-refractivity contribution is 9.10. The Morgan fingerprint density at radius 1 is 1.21 bits per heavy atom. The predicted octanol–water partition coefficient (Wildman–Crippen LogP) is 6.31. The van der Waals surface area contributed by atoms with Crippen LogP contribution < -0.4 is 15.5 Å². The topological polar surface area (TPSA) is 79.6 Å². The maximum Gasteiger partial charge on any atom is 0.250 e. The zero-order valence-corrected chi connectivity index (χ0v) is 23.0. The van der Waals surface area contributed by atoms with E-state index in [0.717, 1.165) is 16.9 Å². The van der Waals surface area contributed by atoms with Crippen LogP contribution >= 0.6 is 28.1 Å². The first-order valence-corrected chi connectivity index (χ1v) is 13.0. The van der Waals surface area contributed by atoms with Crippen LogP contribution in [0.4, 0.5) is 15.8 Å². The molecule has 1 saturated heterocycles. The van der Waals surface area contributed by atoms with Crippen molar-refractivity contribution < 1.29 is 18.3 Å². The van der Waals surface area contributed by atoms with Crippen molar-refractivity contribution in [3.63, 3.8) is 0 Å². The molecule has 1 fully saturated rings. The Kier molecular flexibility index (Phi) is 7.55. The Morgan fingerprint density at radius 3 is 2.76 bits per heavy atom. The van der Waals surface area contributed by atoms with Gasteiger partial charge in [-0.2, -0.15) is 0 Å². The van der Waals surface area contributed by atoms with Gasteiger partial charge in [0.25, 0.3) is 0 Å². The Hall–Kier alpha value is -3.60. The van der Waals surface area contributed by atoms with Crippen molar-refractivity contribution in [3.8, 4) is 11.3 Å². The number of pyridine rings is 1. The summed E-state index contributed by atoms with van der Waals surface area (Å²) in [4.78, 5) is 18.5. The van der Waals surface area contributed by atoms with Gasteiger partial charge in [-0.1, -0.05) is 22.0 Å². The number of halogens is 2. The van der Waals surface area contributed by atoms with E-state index in [9.17, 15) is 9.18 Å². The first-order valence-electron chi connectivity index (χ1n) is 11.8. The Bertz CT molecular complexity index is 1500. The number of furan rings is 1. The van der Waals surface area contributed by atoms with Gasteiger partial charge in [0, 0.05) is 29.2 Å². The average molecular weight is 595 g/mol. The van der Waals surface area contributed by atoms with Crippen LogP contribution in [0.2, 0.25) is 0 Å². The molecule has 2 aromatic heterocycles. The minimum absolute atomic E-state index is 0.0328. The number of hydrogen-bond donors (Lipinski definition) is 2. The van der Waals surface area contributed by atoms with Crippen molar-refractivity contribution in [3.05, 3.63) is 100 Å². The van der Waals surface area contributed by atoms with E-state index in [0.29, 0.717) is 32.4 Å². The Balaban J connectivity index is 1.55. The molecule has 2 aromatic carbocycles. The number of carbonyl (C=O) groups excluding carboxylic acids is 1. The molecule has 0 aliphatic carbocycles. The van der Waals surface area contributed by atoms with Crippen molar-refractivity contribution in [2.75, 3.05) is 23.9 Å². The van der Waals surface area contributed by atoms with Crippen LogP contribution in [0.25, 0.3) is 11.3 Å². The second kappa shape index (κ2) is 11.0. The maximum absolute atomic E-state index is 14.7. The molecule has 7 nitrogen and oxygen atoms in total. The van der Waals surface area contributed by atoms with Crippen molar-refractivity contribution in [2.45, 2.75) is 19.0 Å². The number of aromatic nitrogens is 1. The van der Waals surface area contributed by atoms with E-state index >= 15 is 0 Å². The highest BCUT2D eigenvalue weighted by Gasteiger charge is 2.42. The fourth-order valence-corrected chi connectivity index (χ4v) is 5.20. The van der Waals surface area contributed by atoms with Crippen LogP contribution in [0.3, 0.4) is 0 Å². The predicted molar refractivity (Wildman–Crippen MR) is 151 cm³/mol. The normalized spacial score (nSPS) is 16.9. The molecule has 0 unspecified atom stereocenters. The number of thiocarbonyl (C=S) groups is 1. The van der Waals surface area contributed by atoms with Crippen LogP contribution in [0.15, 0.2) is 81.8 Å². The summed E-state index contributed by atoms with van der Waals surface area (Å²) in [6.07, 6.45) is 1.73. The summed E-state index contributed by atoms with van der Waals surface area (Å²) in [5.74, 6) is 0.383. The number of amides is 1. The van der Waals surface area contributed by atoms with Crippen LogP contribution in [0.1, 0.15) is 29.1 Å². The van der Waals surface area contributed by atoms with Gasteiger partial charge in [-0.25, -0.2) is 4.39 Å². The quantitative estimate of drug-likeness (QED) is 0.243. The van der Waals surface area contributed by atoms with E-state index in [-0.39, 0.29) is 24.4 Å². The molecule has 2 atom stereocenters. The minimum atomic E-state index is -0.405. The first kappa shape index (κ1) is 26.0. The molecule has 1 amide bonds. The van der Waals surface area contributed by atoms with E-state index in [1.165, 1.54) is 13.2 Å². The van der Waals surface area contributed by atoms with Gasteiger partial charge in [-0.05, 0) is 85.4 Å². The Morgan fingerprint density at radius 2 is 2.05 bits per heavy atom. The third kappa shape index (κ3) is 5.20. The van der Waals surface area contributed by atoms with E-state index < -0.39 is 6.04 Å². The number of nitrogens with one attached hydrogen (secondary N) is 2. The van der Waals surface area contributed by atoms with Crippen molar-refractivity contribution in [1.29, 1.82) is 0 Å². The van der Waals surface area contributed by atoms with E-state index in [2.05, 4.69) is 31.5 Å². The standard InChI is InChI=1S/C28H24BrFN4O3S/c1-16-13-18(7-9-21(16)32-25(35)15-36-2)34-27(26(33-28(34)38)22-5-3-4-12-31-22)24-11-10-23(37-24)19-8-6-17(29)14-20(19)30/h3-14,26-27H,15H2,1-2H3,(H,32,35)(H,33,38)/t26-,27-/m1/s1. The second-order valence-electron chi connectivity index (χ2n) is 8.80. The molecule has 1 aliphatic rings. The molecule has 38 heavy (non-hydrogen) atoms. The number of nitrogens with zero attached hydrogens (tertiary/aromatic N) is 2. The van der Waals surface area contributed by atoms with Crippen molar-refractivity contribution >= 4 is 50.5 Å². The zero-order chi connectivity index (χ0) is 26.8. The summed E-state index contributed by atoms with van der Waals surface area (Å²) in [5.41, 5.74) is 3.49. The van der Waals surface area contributed by atoms with Gasteiger partial charge in [-0.3, -0.25) is 9.78 Å². The first-order chi connectivity index (χ1) is 18.4. The lowest BCUT2D eigenvalue weighted by Crippen LogP contribution is -2.29. The van der Waals surface area contributed by atoms with Crippen LogP contribution in [0, 0.1) is 12.7 Å². The molecule has 1 aliphatic heterocycles. The Labute approximate surface area is 233 Å². The molecule has 0 saturated carbocycles. The van der Waals surface area contributed by atoms with Gasteiger partial charge in [-0.15, -0.1) is 0 Å². The summed E-state index contributed by atoms with van der Waals surface area (Å²) < 4.78 is 26.5. The molecular formula is C28H24BrFN4O3S. The molecule has 0 bridgehead atoms. The lowest BCUT2D eigenvalue weighted by molar-refractivity contribution is -0.119. The summed E-state index contributed by atoms with van der Waals surface area (Å²) in [6, 6.07) is 19.1. The molecule has 4 aromatic rings. The highest BCUT2D eigenvalue weighted by atomic mass is 79.9. The van der Waals surface area contributed by atoms with Crippen LogP contribution in [0.5, 0.6) is 0 Å². The number of hydrogen-bond acceptors (Lipinski definition) is 5. The number of aryl methyl sites for hydroxylation is 1.